The van der Waals surface area contributed by atoms with Gasteiger partial charge < -0.3 is 9.32 Å². The van der Waals surface area contributed by atoms with E-state index < -0.39 is 15.6 Å². The van der Waals surface area contributed by atoms with E-state index in [-0.39, 0.29) is 10.9 Å². The second kappa shape index (κ2) is 6.55. The molecule has 2 heterocycles. The predicted octanol–water partition coefficient (Wildman–Crippen LogP) is 4.25. The van der Waals surface area contributed by atoms with Crippen LogP contribution in [-0.2, 0) is 9.84 Å². The van der Waals surface area contributed by atoms with Crippen LogP contribution in [0.4, 0.5) is 14.5 Å². The molecule has 2 atom stereocenters. The third kappa shape index (κ3) is 3.17. The Hall–Kier alpha value is -1.89. The number of nitrogens with zero attached hydrogens (tertiary/aromatic N) is 1. The Balaban J connectivity index is 1.89. The average Bonchev–Trinajstić information content (AvgIpc) is 3.09. The fourth-order valence-corrected chi connectivity index (χ4v) is 3.85. The van der Waals surface area contributed by atoms with Gasteiger partial charge in [0.25, 0.3) is 0 Å². The predicted molar refractivity (Wildman–Crippen MR) is 86.8 cm³/mol. The Morgan fingerprint density at radius 1 is 1.21 bits per heavy atom. The van der Waals surface area contributed by atoms with Crippen LogP contribution in [0.5, 0.6) is 0 Å². The molecule has 0 spiro atoms. The van der Waals surface area contributed by atoms with Gasteiger partial charge in [-0.2, -0.15) is 8.78 Å². The Morgan fingerprint density at radius 3 is 2.50 bits per heavy atom. The molecule has 1 aromatic heterocycles. The molecule has 1 fully saturated rings. The van der Waals surface area contributed by atoms with Crippen molar-refractivity contribution in [2.45, 2.75) is 36.5 Å². The van der Waals surface area contributed by atoms with E-state index in [1.54, 1.807) is 18.4 Å². The summed E-state index contributed by atoms with van der Waals surface area (Å²) in [5, 5.41) is 0. The highest BCUT2D eigenvalue weighted by atomic mass is 32.2. The van der Waals surface area contributed by atoms with Gasteiger partial charge in [-0.05, 0) is 55.2 Å². The van der Waals surface area contributed by atoms with Crippen LogP contribution in [0, 0.1) is 5.92 Å². The summed E-state index contributed by atoms with van der Waals surface area (Å²) in [5.41, 5.74) is 0.802. The summed E-state index contributed by atoms with van der Waals surface area (Å²) in [5.74, 6) is -2.00. The fraction of sp³-hybridized carbons (Fsp3) is 0.412. The van der Waals surface area contributed by atoms with Gasteiger partial charge in [0.05, 0.1) is 17.2 Å². The second-order valence-corrected chi connectivity index (χ2v) is 8.07. The van der Waals surface area contributed by atoms with Gasteiger partial charge in [0, 0.05) is 12.2 Å². The molecule has 1 aromatic carbocycles. The van der Waals surface area contributed by atoms with Crippen molar-refractivity contribution in [2.75, 3.05) is 11.4 Å². The highest BCUT2D eigenvalue weighted by Gasteiger charge is 2.31. The third-order valence-electron chi connectivity index (χ3n) is 4.47. The van der Waals surface area contributed by atoms with Gasteiger partial charge in [-0.3, -0.25) is 0 Å². The smallest absolute Gasteiger partial charge is 0.341 e. The van der Waals surface area contributed by atoms with Crippen molar-refractivity contribution >= 4 is 15.5 Å². The van der Waals surface area contributed by atoms with Crippen LogP contribution < -0.4 is 4.90 Å². The van der Waals surface area contributed by atoms with Crippen LogP contribution in [0.1, 0.15) is 31.6 Å². The molecule has 4 nitrogen and oxygen atoms in total. The maximum atomic E-state index is 12.6. The maximum Gasteiger partial charge on any atom is 0.341 e. The zero-order valence-electron chi connectivity index (χ0n) is 13.2. The van der Waals surface area contributed by atoms with E-state index >= 15 is 0 Å². The van der Waals surface area contributed by atoms with E-state index in [1.807, 2.05) is 12.1 Å². The zero-order valence-corrected chi connectivity index (χ0v) is 14.0. The molecule has 0 amide bonds. The molecule has 1 aliphatic rings. The molecule has 7 heteroatoms. The highest BCUT2D eigenvalue weighted by Crippen LogP contribution is 2.38. The second-order valence-electron chi connectivity index (χ2n) is 6.15. The van der Waals surface area contributed by atoms with E-state index in [0.717, 1.165) is 30.8 Å². The Morgan fingerprint density at radius 2 is 1.92 bits per heavy atom. The fourth-order valence-electron chi connectivity index (χ4n) is 3.13. The number of alkyl halides is 2. The normalized spacial score (nSPS) is 22.1. The summed E-state index contributed by atoms with van der Waals surface area (Å²) in [6.45, 7) is 2.99. The summed E-state index contributed by atoms with van der Waals surface area (Å²) in [6.07, 6.45) is 3.56. The van der Waals surface area contributed by atoms with Crippen LogP contribution in [-0.4, -0.2) is 20.7 Å². The number of hydrogen-bond donors (Lipinski definition) is 0. The minimum absolute atomic E-state index is 0.0568. The van der Waals surface area contributed by atoms with Crippen molar-refractivity contribution in [3.05, 3.63) is 48.4 Å². The first kappa shape index (κ1) is 17.0. The Labute approximate surface area is 140 Å². The van der Waals surface area contributed by atoms with Gasteiger partial charge >= 0.3 is 5.76 Å². The molecular weight excluding hydrogens is 336 g/mol. The number of sulfone groups is 1. The van der Waals surface area contributed by atoms with Crippen molar-refractivity contribution in [1.82, 2.24) is 0 Å². The number of piperidine rings is 1. The highest BCUT2D eigenvalue weighted by molar-refractivity contribution is 7.91. The van der Waals surface area contributed by atoms with Crippen molar-refractivity contribution < 1.29 is 21.6 Å². The summed E-state index contributed by atoms with van der Waals surface area (Å²) < 4.78 is 53.9. The zero-order chi connectivity index (χ0) is 17.3. The van der Waals surface area contributed by atoms with Crippen LogP contribution in [0.3, 0.4) is 0 Å². The lowest BCUT2D eigenvalue weighted by molar-refractivity contribution is 0.234. The average molecular weight is 355 g/mol. The molecule has 0 bridgehead atoms. The summed E-state index contributed by atoms with van der Waals surface area (Å²) in [4.78, 5) is 1.78. The quantitative estimate of drug-likeness (QED) is 0.822. The van der Waals surface area contributed by atoms with E-state index in [0.29, 0.717) is 5.92 Å². The van der Waals surface area contributed by atoms with E-state index in [2.05, 4.69) is 11.8 Å². The number of benzene rings is 1. The molecule has 2 aromatic rings. The molecule has 0 saturated carbocycles. The molecule has 1 aliphatic heterocycles. The summed E-state index contributed by atoms with van der Waals surface area (Å²) >= 11 is 0. The van der Waals surface area contributed by atoms with E-state index in [1.165, 1.54) is 12.1 Å². The molecule has 24 heavy (non-hydrogen) atoms. The van der Waals surface area contributed by atoms with Gasteiger partial charge in [-0.15, -0.1) is 0 Å². The lowest BCUT2D eigenvalue weighted by Gasteiger charge is -2.39. The molecule has 3 rings (SSSR count). The number of halogens is 2. The summed E-state index contributed by atoms with van der Waals surface area (Å²) in [7, 11) is -4.56. The Kier molecular flexibility index (Phi) is 4.62. The van der Waals surface area contributed by atoms with Gasteiger partial charge in [0.2, 0.25) is 9.84 Å². The molecule has 0 N–H and O–H groups in total. The lowest BCUT2D eigenvalue weighted by atomic mass is 9.90. The molecule has 1 saturated heterocycles. The van der Waals surface area contributed by atoms with Crippen LogP contribution in [0.25, 0.3) is 0 Å². The molecule has 0 aliphatic carbocycles. The van der Waals surface area contributed by atoms with Crippen LogP contribution in [0.15, 0.2) is 52.0 Å². The Bertz CT molecular complexity index is 773. The standard InChI is InChI=1S/C17H19F2NO3S/c1-12-8-9-20(15(11-12)16-3-2-10-23-16)13-4-6-14(7-5-13)24(21,22)17(18)19/h2-7,10,12,15,17H,8-9,11H2,1H3. The topological polar surface area (TPSA) is 50.5 Å². The first-order chi connectivity index (χ1) is 11.4. The number of hydrogen-bond acceptors (Lipinski definition) is 4. The van der Waals surface area contributed by atoms with Crippen LogP contribution >= 0.6 is 0 Å². The number of furan rings is 1. The van der Waals surface area contributed by atoms with Crippen LogP contribution in [0.2, 0.25) is 0 Å². The van der Waals surface area contributed by atoms with Crippen molar-refractivity contribution in [3.8, 4) is 0 Å². The van der Waals surface area contributed by atoms with Gasteiger partial charge in [0.15, 0.2) is 0 Å². The van der Waals surface area contributed by atoms with Crippen molar-refractivity contribution in [1.29, 1.82) is 0 Å². The SMILES string of the molecule is CC1CCN(c2ccc(S(=O)(=O)C(F)F)cc2)C(c2ccco2)C1. The largest absolute Gasteiger partial charge is 0.467 e. The number of anilines is 1. The molecule has 130 valence electrons. The monoisotopic (exact) mass is 355 g/mol. The van der Waals surface area contributed by atoms with E-state index in [4.69, 9.17) is 4.42 Å². The van der Waals surface area contributed by atoms with Crippen molar-refractivity contribution in [3.63, 3.8) is 0 Å². The van der Waals surface area contributed by atoms with Crippen molar-refractivity contribution in [2.24, 2.45) is 5.92 Å². The molecule has 2 unspecified atom stereocenters. The lowest BCUT2D eigenvalue weighted by Crippen LogP contribution is -2.36. The van der Waals surface area contributed by atoms with Gasteiger partial charge in [-0.25, -0.2) is 8.42 Å². The molecule has 0 radical (unpaired) electrons. The van der Waals surface area contributed by atoms with Gasteiger partial charge in [0.1, 0.15) is 5.76 Å². The first-order valence-electron chi connectivity index (χ1n) is 7.81. The molecular formula is C17H19F2NO3S. The minimum Gasteiger partial charge on any atom is -0.467 e. The van der Waals surface area contributed by atoms with E-state index in [9.17, 15) is 17.2 Å². The maximum absolute atomic E-state index is 12.6. The summed E-state index contributed by atoms with van der Waals surface area (Å²) in [6, 6.07) is 9.47. The number of rotatable bonds is 4. The van der Waals surface area contributed by atoms with Gasteiger partial charge in [-0.1, -0.05) is 6.92 Å². The minimum atomic E-state index is -4.56. The third-order valence-corrected chi connectivity index (χ3v) is 5.87. The first-order valence-corrected chi connectivity index (χ1v) is 9.36.